The Balaban J connectivity index is 2.34. The van der Waals surface area contributed by atoms with Crippen LogP contribution in [0.15, 0.2) is 18.2 Å². The fourth-order valence-electron chi connectivity index (χ4n) is 1.65. The first kappa shape index (κ1) is 15.0. The molecule has 0 aliphatic carbocycles. The first-order valence-electron chi connectivity index (χ1n) is 6.10. The van der Waals surface area contributed by atoms with Crippen LogP contribution in [0.3, 0.4) is 0 Å². The summed E-state index contributed by atoms with van der Waals surface area (Å²) in [4.78, 5) is 11.6. The lowest BCUT2D eigenvalue weighted by molar-refractivity contribution is 0.0960. The highest BCUT2D eigenvalue weighted by molar-refractivity contribution is 7.14. The van der Waals surface area contributed by atoms with Crippen LogP contribution in [-0.4, -0.2) is 38.0 Å². The van der Waals surface area contributed by atoms with Crippen molar-refractivity contribution in [1.29, 1.82) is 0 Å². The molecule has 0 aliphatic rings. The van der Waals surface area contributed by atoms with Gasteiger partial charge in [-0.3, -0.25) is 4.79 Å². The van der Waals surface area contributed by atoms with Gasteiger partial charge in [0, 0.05) is 15.8 Å². The molecular weight excluding hydrogens is 296 g/mol. The van der Waals surface area contributed by atoms with Gasteiger partial charge in [-0.05, 0) is 19.1 Å². The third kappa shape index (κ3) is 3.20. The lowest BCUT2D eigenvalue weighted by Crippen LogP contribution is -2.18. The topological polar surface area (TPSA) is 119 Å². The zero-order chi connectivity index (χ0) is 15.4. The maximum atomic E-state index is 11.6. The molecule has 1 aromatic carbocycles. The van der Waals surface area contributed by atoms with Crippen molar-refractivity contribution in [2.24, 2.45) is 0 Å². The van der Waals surface area contributed by atoms with Crippen molar-refractivity contribution in [3.63, 3.8) is 0 Å². The summed E-state index contributed by atoms with van der Waals surface area (Å²) in [5.41, 5.74) is 0.346. The van der Waals surface area contributed by atoms with Gasteiger partial charge in [0.25, 0.3) is 11.7 Å². The van der Waals surface area contributed by atoms with Gasteiger partial charge in [0.2, 0.25) is 0 Å². The number of nitrogens with zero attached hydrogens (tertiary/aromatic N) is 2. The highest BCUT2D eigenvalue weighted by Crippen LogP contribution is 2.34. The number of carbonyl (C=O) groups is 1. The van der Waals surface area contributed by atoms with Crippen LogP contribution in [0.5, 0.6) is 11.6 Å². The van der Waals surface area contributed by atoms with Crippen molar-refractivity contribution in [3.05, 3.63) is 23.8 Å². The van der Waals surface area contributed by atoms with Gasteiger partial charge in [-0.25, -0.2) is 0 Å². The van der Waals surface area contributed by atoms with Crippen LogP contribution >= 0.6 is 11.1 Å². The van der Waals surface area contributed by atoms with Crippen LogP contribution < -0.4 is 15.4 Å². The average molecular weight is 310 g/mol. The summed E-state index contributed by atoms with van der Waals surface area (Å²) >= 11 is -1.75. The number of benzene rings is 1. The van der Waals surface area contributed by atoms with E-state index in [4.69, 9.17) is 4.74 Å². The molecule has 9 heteroatoms. The lowest BCUT2D eigenvalue weighted by atomic mass is 10.1. The summed E-state index contributed by atoms with van der Waals surface area (Å²) in [6.45, 7) is 2.09. The van der Waals surface area contributed by atoms with Gasteiger partial charge in [-0.2, -0.15) is 0 Å². The maximum Gasteiger partial charge on any atom is 0.318 e. The predicted molar refractivity (Wildman–Crippen MR) is 76.6 cm³/mol. The molecule has 0 radical (unpaired) electrons. The molecule has 1 unspecified atom stereocenters. The summed E-state index contributed by atoms with van der Waals surface area (Å²) < 4.78 is 24.0. The highest BCUT2D eigenvalue weighted by Gasteiger charge is 2.20. The van der Waals surface area contributed by atoms with E-state index in [9.17, 15) is 14.5 Å². The standard InChI is InChI=1S/C12H14N4O4S/c1-3-20-12-10(15-21(19)16-12)14-8-6-4-5-7(9(8)17)11(18)13-2/h4-6,17H,3H2,1-2H3,(H,13,18)(H,14,15). The van der Waals surface area contributed by atoms with Crippen molar-refractivity contribution in [1.82, 2.24) is 14.1 Å². The zero-order valence-corrected chi connectivity index (χ0v) is 12.2. The van der Waals surface area contributed by atoms with Gasteiger partial charge in [-0.15, -0.1) is 0 Å². The second-order valence-corrected chi connectivity index (χ2v) is 4.73. The highest BCUT2D eigenvalue weighted by atomic mass is 32.2. The molecule has 1 heterocycles. The van der Waals surface area contributed by atoms with E-state index in [1.54, 1.807) is 19.1 Å². The molecule has 1 amide bonds. The first-order valence-corrected chi connectivity index (χ1v) is 7.16. The van der Waals surface area contributed by atoms with Crippen LogP contribution in [-0.2, 0) is 0 Å². The minimum Gasteiger partial charge on any atom is -0.546 e. The van der Waals surface area contributed by atoms with Gasteiger partial charge in [0.15, 0.2) is 16.9 Å². The molecule has 0 saturated carbocycles. The van der Waals surface area contributed by atoms with Crippen LogP contribution in [0.1, 0.15) is 17.3 Å². The Morgan fingerprint density at radius 3 is 2.90 bits per heavy atom. The van der Waals surface area contributed by atoms with Crippen molar-refractivity contribution in [2.75, 3.05) is 19.0 Å². The van der Waals surface area contributed by atoms with Crippen molar-refractivity contribution >= 4 is 28.6 Å². The van der Waals surface area contributed by atoms with E-state index in [2.05, 4.69) is 19.4 Å². The molecular formula is C12H14N4O4S. The summed E-state index contributed by atoms with van der Waals surface area (Å²) in [5, 5.41) is 15.3. The first-order chi connectivity index (χ1) is 10.1. The monoisotopic (exact) mass is 310 g/mol. The Bertz CT molecular complexity index is 659. The number of aromatic nitrogens is 2. The van der Waals surface area contributed by atoms with Gasteiger partial charge in [0.1, 0.15) is 0 Å². The SMILES string of the molecule is CCOc1n[s+]([O-])nc1Nc1cccc(C(=O)NC)c1O. The molecule has 8 nitrogen and oxygen atoms in total. The molecule has 0 aliphatic heterocycles. The molecule has 1 atom stereocenters. The number of ether oxygens (including phenoxy) is 1. The molecule has 0 fully saturated rings. The van der Waals surface area contributed by atoms with Crippen LogP contribution in [0, 0.1) is 0 Å². The van der Waals surface area contributed by atoms with Crippen molar-refractivity contribution < 1.29 is 19.2 Å². The summed E-state index contributed by atoms with van der Waals surface area (Å²) in [6, 6.07) is 4.62. The van der Waals surface area contributed by atoms with E-state index in [1.807, 2.05) is 0 Å². The van der Waals surface area contributed by atoms with Gasteiger partial charge >= 0.3 is 5.88 Å². The van der Waals surface area contributed by atoms with Gasteiger partial charge < -0.3 is 25.0 Å². The number of nitrogens with one attached hydrogen (secondary N) is 2. The number of aromatic hydroxyl groups is 1. The molecule has 0 spiro atoms. The Kier molecular flexibility index (Phi) is 4.55. The Morgan fingerprint density at radius 1 is 1.48 bits per heavy atom. The fourth-order valence-corrected chi connectivity index (χ4v) is 2.25. The largest absolute Gasteiger partial charge is 0.546 e. The van der Waals surface area contributed by atoms with Crippen LogP contribution in [0.4, 0.5) is 11.5 Å². The van der Waals surface area contributed by atoms with Crippen LogP contribution in [0.25, 0.3) is 0 Å². The molecule has 0 saturated heterocycles. The Hall–Kier alpha value is -2.39. The van der Waals surface area contributed by atoms with Crippen molar-refractivity contribution in [3.8, 4) is 11.6 Å². The molecule has 1 aromatic heterocycles. The minimum atomic E-state index is -1.75. The number of rotatable bonds is 5. The lowest BCUT2D eigenvalue weighted by Gasteiger charge is -2.09. The number of hydrogen-bond acceptors (Lipinski definition) is 7. The fraction of sp³-hybridized carbons (Fsp3) is 0.250. The molecule has 2 aromatic rings. The van der Waals surface area contributed by atoms with E-state index in [1.165, 1.54) is 13.1 Å². The number of hydrogen-bond donors (Lipinski definition) is 3. The number of para-hydroxylation sites is 1. The van der Waals surface area contributed by atoms with Gasteiger partial charge in [-0.1, -0.05) is 6.07 Å². The molecule has 21 heavy (non-hydrogen) atoms. The van der Waals surface area contributed by atoms with E-state index in [-0.39, 0.29) is 28.7 Å². The average Bonchev–Trinajstić information content (AvgIpc) is 2.80. The van der Waals surface area contributed by atoms with E-state index < -0.39 is 17.0 Å². The summed E-state index contributed by atoms with van der Waals surface area (Å²) in [5.74, 6) is -0.431. The molecule has 3 N–H and O–H groups in total. The van der Waals surface area contributed by atoms with Crippen molar-refractivity contribution in [2.45, 2.75) is 6.92 Å². The summed E-state index contributed by atoms with van der Waals surface area (Å²) in [7, 11) is 1.46. The van der Waals surface area contributed by atoms with E-state index in [0.717, 1.165) is 0 Å². The molecule has 0 bridgehead atoms. The number of anilines is 2. The second-order valence-electron chi connectivity index (χ2n) is 3.91. The number of carbonyl (C=O) groups excluding carboxylic acids is 1. The minimum absolute atomic E-state index is 0.0978. The van der Waals surface area contributed by atoms with Crippen LogP contribution in [0.2, 0.25) is 0 Å². The Morgan fingerprint density at radius 2 is 2.24 bits per heavy atom. The third-order valence-corrected chi connectivity index (χ3v) is 3.24. The predicted octanol–water partition coefficient (Wildman–Crippen LogP) is 1.41. The normalized spacial score (nSPS) is 11.1. The Labute approximate surface area is 123 Å². The number of phenolic OH excluding ortho intramolecular Hbond substituents is 1. The summed E-state index contributed by atoms with van der Waals surface area (Å²) in [6.07, 6.45) is 0. The third-order valence-electron chi connectivity index (χ3n) is 2.57. The maximum absolute atomic E-state index is 11.6. The zero-order valence-electron chi connectivity index (χ0n) is 11.4. The smallest absolute Gasteiger partial charge is 0.318 e. The molecule has 112 valence electrons. The second kappa shape index (κ2) is 6.37. The quantitative estimate of drug-likeness (QED) is 0.564. The van der Waals surface area contributed by atoms with E-state index in [0.29, 0.717) is 6.61 Å². The number of amides is 1. The van der Waals surface area contributed by atoms with Gasteiger partial charge in [0.05, 0.1) is 17.9 Å². The number of phenols is 1. The molecule has 2 rings (SSSR count). The van der Waals surface area contributed by atoms with E-state index >= 15 is 0 Å².